The van der Waals surface area contributed by atoms with Gasteiger partial charge >= 0.3 is 0 Å². The van der Waals surface area contributed by atoms with E-state index in [0.717, 1.165) is 46.3 Å². The van der Waals surface area contributed by atoms with Gasteiger partial charge in [0.05, 0.1) is 15.9 Å². The van der Waals surface area contributed by atoms with Gasteiger partial charge in [-0.3, -0.25) is 4.79 Å². The van der Waals surface area contributed by atoms with Gasteiger partial charge in [0, 0.05) is 13.1 Å². The summed E-state index contributed by atoms with van der Waals surface area (Å²) in [6, 6.07) is 8.82. The number of nitrogens with one attached hydrogen (secondary N) is 1. The van der Waals surface area contributed by atoms with Crippen molar-refractivity contribution in [2.24, 2.45) is 12.0 Å². The Bertz CT molecular complexity index is 1150. The minimum atomic E-state index is -0.785. The van der Waals surface area contributed by atoms with Gasteiger partial charge in [-0.2, -0.15) is 0 Å². The molecule has 27 heavy (non-hydrogen) atoms. The van der Waals surface area contributed by atoms with Crippen LogP contribution in [0.2, 0.25) is 0 Å². The summed E-state index contributed by atoms with van der Waals surface area (Å²) in [5.74, 6) is -0.881. The van der Waals surface area contributed by atoms with Gasteiger partial charge in [0.1, 0.15) is 17.3 Å². The topological polar surface area (TPSA) is 59.3 Å². The Kier molecular flexibility index (Phi) is 4.27. The SMILES string of the molecule is Cc1nc2ccc(/C=C3/SC(=Nc4ccc(F)cc4F)NC3=O)cc2n1C. The lowest BCUT2D eigenvalue weighted by Crippen LogP contribution is -2.19. The Hall–Kier alpha value is -3.00. The third-order valence-corrected chi connectivity index (χ3v) is 5.12. The fourth-order valence-corrected chi connectivity index (χ4v) is 3.57. The summed E-state index contributed by atoms with van der Waals surface area (Å²) in [6.45, 7) is 1.93. The van der Waals surface area contributed by atoms with Crippen molar-refractivity contribution in [1.82, 2.24) is 14.9 Å². The summed E-state index contributed by atoms with van der Waals surface area (Å²) in [5, 5.41) is 2.84. The highest BCUT2D eigenvalue weighted by atomic mass is 32.2. The van der Waals surface area contributed by atoms with Gasteiger partial charge in [-0.15, -0.1) is 0 Å². The molecule has 0 atom stereocenters. The molecular formula is C19H14F2N4OS. The van der Waals surface area contributed by atoms with Gasteiger partial charge in [-0.1, -0.05) is 6.07 Å². The molecule has 2 heterocycles. The highest BCUT2D eigenvalue weighted by Gasteiger charge is 2.24. The number of aliphatic imine (C=N–C) groups is 1. The Morgan fingerprint density at radius 2 is 2.04 bits per heavy atom. The van der Waals surface area contributed by atoms with Crippen molar-refractivity contribution in [2.45, 2.75) is 6.92 Å². The number of hydrogen-bond donors (Lipinski definition) is 1. The number of halogens is 2. The predicted octanol–water partition coefficient (Wildman–Crippen LogP) is 4.05. The highest BCUT2D eigenvalue weighted by molar-refractivity contribution is 8.18. The molecule has 1 aliphatic heterocycles. The summed E-state index contributed by atoms with van der Waals surface area (Å²) < 4.78 is 28.7. The second-order valence-electron chi connectivity index (χ2n) is 6.04. The summed E-state index contributed by atoms with van der Waals surface area (Å²) in [7, 11) is 1.93. The lowest BCUT2D eigenvalue weighted by Gasteiger charge is -1.99. The largest absolute Gasteiger partial charge is 0.331 e. The molecule has 0 radical (unpaired) electrons. The van der Waals surface area contributed by atoms with E-state index in [1.165, 1.54) is 6.07 Å². The van der Waals surface area contributed by atoms with Crippen LogP contribution in [-0.2, 0) is 11.8 Å². The van der Waals surface area contributed by atoms with Crippen LogP contribution in [-0.4, -0.2) is 20.6 Å². The van der Waals surface area contributed by atoms with Crippen LogP contribution in [0.25, 0.3) is 17.1 Å². The van der Waals surface area contributed by atoms with E-state index < -0.39 is 11.6 Å². The molecule has 0 saturated carbocycles. The number of imidazole rings is 1. The van der Waals surface area contributed by atoms with E-state index in [1.807, 2.05) is 36.7 Å². The van der Waals surface area contributed by atoms with Gasteiger partial charge in [-0.05, 0) is 54.6 Å². The maximum Gasteiger partial charge on any atom is 0.264 e. The average molecular weight is 384 g/mol. The molecule has 1 aliphatic rings. The van der Waals surface area contributed by atoms with Crippen LogP contribution in [0.15, 0.2) is 46.3 Å². The van der Waals surface area contributed by atoms with Crippen LogP contribution in [0.3, 0.4) is 0 Å². The second kappa shape index (κ2) is 6.62. The van der Waals surface area contributed by atoms with E-state index in [1.54, 1.807) is 6.08 Å². The minimum Gasteiger partial charge on any atom is -0.331 e. The van der Waals surface area contributed by atoms with Crippen molar-refractivity contribution in [3.63, 3.8) is 0 Å². The Balaban J connectivity index is 1.64. The Morgan fingerprint density at radius 3 is 2.81 bits per heavy atom. The number of carbonyl (C=O) groups is 1. The first kappa shape index (κ1) is 17.4. The fourth-order valence-electron chi connectivity index (χ4n) is 2.73. The van der Waals surface area contributed by atoms with Crippen LogP contribution < -0.4 is 5.32 Å². The molecule has 1 saturated heterocycles. The van der Waals surface area contributed by atoms with E-state index in [4.69, 9.17) is 0 Å². The zero-order valence-corrected chi connectivity index (χ0v) is 15.3. The normalized spacial score (nSPS) is 17.3. The first-order valence-corrected chi connectivity index (χ1v) is 8.90. The number of amides is 1. The summed E-state index contributed by atoms with van der Waals surface area (Å²) in [6.07, 6.45) is 1.74. The Labute approximate surface area is 157 Å². The average Bonchev–Trinajstić information content (AvgIpc) is 3.10. The first-order chi connectivity index (χ1) is 12.9. The van der Waals surface area contributed by atoms with Gasteiger partial charge in [0.2, 0.25) is 0 Å². The van der Waals surface area contributed by atoms with Crippen molar-refractivity contribution in [2.75, 3.05) is 0 Å². The number of carbonyl (C=O) groups excluding carboxylic acids is 1. The van der Waals surface area contributed by atoms with Gasteiger partial charge in [0.15, 0.2) is 11.0 Å². The predicted molar refractivity (Wildman–Crippen MR) is 103 cm³/mol. The smallest absolute Gasteiger partial charge is 0.264 e. The molecule has 8 heteroatoms. The van der Waals surface area contributed by atoms with Crippen molar-refractivity contribution < 1.29 is 13.6 Å². The number of rotatable bonds is 2. The number of thioether (sulfide) groups is 1. The number of aryl methyl sites for hydroxylation is 2. The van der Waals surface area contributed by atoms with Crippen LogP contribution in [0.1, 0.15) is 11.4 Å². The van der Waals surface area contributed by atoms with E-state index in [-0.39, 0.29) is 16.8 Å². The Morgan fingerprint density at radius 1 is 1.22 bits per heavy atom. The maximum absolute atomic E-state index is 13.7. The summed E-state index contributed by atoms with van der Waals surface area (Å²) in [4.78, 5) is 21.1. The standard InChI is InChI=1S/C19H14F2N4OS/c1-10-22-15-5-3-11(7-16(15)25(10)2)8-17-18(26)24-19(27-17)23-14-6-4-12(20)9-13(14)21/h3-9H,1-2H3,(H,23,24,26)/b17-8+. The molecule has 1 amide bonds. The molecule has 0 unspecified atom stereocenters. The molecule has 4 rings (SSSR count). The first-order valence-electron chi connectivity index (χ1n) is 8.08. The summed E-state index contributed by atoms with van der Waals surface area (Å²) in [5.41, 5.74) is 2.66. The minimum absolute atomic E-state index is 0.0350. The van der Waals surface area contributed by atoms with E-state index in [2.05, 4.69) is 15.3 Å². The molecular weight excluding hydrogens is 370 g/mol. The zero-order chi connectivity index (χ0) is 19.1. The number of hydrogen-bond acceptors (Lipinski definition) is 4. The number of aromatic nitrogens is 2. The van der Waals surface area contributed by atoms with Crippen LogP contribution >= 0.6 is 11.8 Å². The van der Waals surface area contributed by atoms with Gasteiger partial charge < -0.3 is 9.88 Å². The third-order valence-electron chi connectivity index (χ3n) is 4.21. The molecule has 5 nitrogen and oxygen atoms in total. The molecule has 1 aromatic heterocycles. The van der Waals surface area contributed by atoms with Crippen molar-refractivity contribution >= 4 is 45.6 Å². The van der Waals surface area contributed by atoms with Crippen LogP contribution in [0.4, 0.5) is 14.5 Å². The van der Waals surface area contributed by atoms with Gasteiger partial charge in [-0.25, -0.2) is 18.8 Å². The molecule has 1 fully saturated rings. The molecule has 2 aromatic carbocycles. The monoisotopic (exact) mass is 384 g/mol. The van der Waals surface area contributed by atoms with Crippen molar-refractivity contribution in [3.05, 3.63) is 64.3 Å². The van der Waals surface area contributed by atoms with E-state index >= 15 is 0 Å². The molecule has 0 aliphatic carbocycles. The molecule has 0 spiro atoms. The number of fused-ring (bicyclic) bond motifs is 1. The third kappa shape index (κ3) is 3.35. The van der Waals surface area contributed by atoms with E-state index in [0.29, 0.717) is 4.91 Å². The number of nitrogens with zero attached hydrogens (tertiary/aromatic N) is 3. The molecule has 0 bridgehead atoms. The molecule has 3 aromatic rings. The van der Waals surface area contributed by atoms with Crippen LogP contribution in [0, 0.1) is 18.6 Å². The lowest BCUT2D eigenvalue weighted by atomic mass is 10.2. The van der Waals surface area contributed by atoms with Crippen molar-refractivity contribution in [3.8, 4) is 0 Å². The van der Waals surface area contributed by atoms with Crippen molar-refractivity contribution in [1.29, 1.82) is 0 Å². The highest BCUT2D eigenvalue weighted by Crippen LogP contribution is 2.29. The molecule has 1 N–H and O–H groups in total. The number of amidine groups is 1. The number of benzene rings is 2. The fraction of sp³-hybridized carbons (Fsp3) is 0.105. The lowest BCUT2D eigenvalue weighted by molar-refractivity contribution is -0.115. The zero-order valence-electron chi connectivity index (χ0n) is 14.5. The summed E-state index contributed by atoms with van der Waals surface area (Å²) >= 11 is 1.10. The van der Waals surface area contributed by atoms with E-state index in [9.17, 15) is 13.6 Å². The molecule has 136 valence electrons. The van der Waals surface area contributed by atoms with Crippen LogP contribution in [0.5, 0.6) is 0 Å². The second-order valence-corrected chi connectivity index (χ2v) is 7.07. The maximum atomic E-state index is 13.7. The van der Waals surface area contributed by atoms with Gasteiger partial charge in [0.25, 0.3) is 5.91 Å². The quantitative estimate of drug-likeness (QED) is 0.678.